The second-order valence-corrected chi connectivity index (χ2v) is 3.83. The third kappa shape index (κ3) is 3.70. The van der Waals surface area contributed by atoms with E-state index in [1.165, 1.54) is 0 Å². The molecule has 0 amide bonds. The maximum Gasteiger partial charge on any atom is 0.416 e. The zero-order chi connectivity index (χ0) is 11.5. The summed E-state index contributed by atoms with van der Waals surface area (Å²) in [5.41, 5.74) is 0.581. The number of alkyl halides is 4. The molecule has 0 atom stereocenters. The molecule has 0 aliphatic carbocycles. The number of benzene rings is 1. The van der Waals surface area contributed by atoms with Crippen molar-refractivity contribution in [2.75, 3.05) is 5.33 Å². The van der Waals surface area contributed by atoms with Gasteiger partial charge < -0.3 is 0 Å². The maximum atomic E-state index is 12.4. The summed E-state index contributed by atoms with van der Waals surface area (Å²) in [5.74, 6) is 0. The molecule has 0 aliphatic heterocycles. The Morgan fingerprint density at radius 3 is 2.47 bits per heavy atom. The fraction of sp³-hybridized carbons (Fsp3) is 0.273. The van der Waals surface area contributed by atoms with Crippen molar-refractivity contribution in [1.29, 1.82) is 0 Å². The van der Waals surface area contributed by atoms with Crippen LogP contribution in [0.1, 0.15) is 16.7 Å². The summed E-state index contributed by atoms with van der Waals surface area (Å²) in [6.07, 6.45) is -0.852. The first kappa shape index (κ1) is 12.3. The van der Waals surface area contributed by atoms with E-state index in [0.29, 0.717) is 16.5 Å². The Hall–Kier alpha value is -0.770. The van der Waals surface area contributed by atoms with E-state index in [1.54, 1.807) is 25.1 Å². The van der Waals surface area contributed by atoms with Gasteiger partial charge in [0, 0.05) is 5.33 Å². The highest BCUT2D eigenvalue weighted by Gasteiger charge is 2.30. The van der Waals surface area contributed by atoms with E-state index in [0.717, 1.165) is 12.1 Å². The molecule has 0 heterocycles. The minimum atomic E-state index is -4.27. The number of aryl methyl sites for hydroxylation is 1. The molecule has 0 nitrogen and oxygen atoms in total. The molecule has 15 heavy (non-hydrogen) atoms. The minimum Gasteiger partial charge on any atom is -0.166 e. The first-order valence-electron chi connectivity index (χ1n) is 4.35. The van der Waals surface area contributed by atoms with Crippen LogP contribution in [0.4, 0.5) is 13.2 Å². The molecule has 0 saturated heterocycles. The van der Waals surface area contributed by atoms with Gasteiger partial charge in [0.2, 0.25) is 0 Å². The topological polar surface area (TPSA) is 0 Å². The highest BCUT2D eigenvalue weighted by atomic mass is 79.9. The number of hydrogen-bond donors (Lipinski definition) is 0. The SMILES string of the molecule is Cc1cc(C=CCBr)cc(C(F)(F)F)c1. The lowest BCUT2D eigenvalue weighted by Crippen LogP contribution is -2.05. The van der Waals surface area contributed by atoms with E-state index < -0.39 is 11.7 Å². The molecule has 0 spiro atoms. The van der Waals surface area contributed by atoms with Gasteiger partial charge in [0.05, 0.1) is 5.56 Å². The zero-order valence-electron chi connectivity index (χ0n) is 8.11. The molecular formula is C11H10BrF3. The van der Waals surface area contributed by atoms with Crippen molar-refractivity contribution in [1.82, 2.24) is 0 Å². The minimum absolute atomic E-state index is 0.571. The lowest BCUT2D eigenvalue weighted by molar-refractivity contribution is -0.137. The van der Waals surface area contributed by atoms with Gasteiger partial charge in [-0.2, -0.15) is 13.2 Å². The molecule has 4 heteroatoms. The number of halogens is 4. The fourth-order valence-electron chi connectivity index (χ4n) is 1.25. The van der Waals surface area contributed by atoms with Crippen LogP contribution in [0.3, 0.4) is 0 Å². The second-order valence-electron chi connectivity index (χ2n) is 3.19. The third-order valence-corrected chi connectivity index (χ3v) is 2.20. The summed E-state index contributed by atoms with van der Waals surface area (Å²) in [6.45, 7) is 1.65. The predicted molar refractivity (Wildman–Crippen MR) is 59.0 cm³/mol. The van der Waals surface area contributed by atoms with Crippen molar-refractivity contribution in [2.24, 2.45) is 0 Å². The van der Waals surface area contributed by atoms with Crippen molar-refractivity contribution < 1.29 is 13.2 Å². The summed E-state index contributed by atoms with van der Waals surface area (Å²) in [7, 11) is 0. The molecule has 0 aliphatic rings. The van der Waals surface area contributed by atoms with Crippen LogP contribution >= 0.6 is 15.9 Å². The van der Waals surface area contributed by atoms with Crippen molar-refractivity contribution >= 4 is 22.0 Å². The van der Waals surface area contributed by atoms with E-state index in [-0.39, 0.29) is 0 Å². The van der Waals surface area contributed by atoms with Gasteiger partial charge in [0.15, 0.2) is 0 Å². The Bertz CT molecular complexity index is 367. The fourth-order valence-corrected chi connectivity index (χ4v) is 1.44. The van der Waals surface area contributed by atoms with Crippen LogP contribution in [0, 0.1) is 6.92 Å². The molecule has 0 N–H and O–H groups in total. The first-order chi connectivity index (χ1) is 6.93. The number of hydrogen-bond acceptors (Lipinski definition) is 0. The van der Waals surface area contributed by atoms with Crippen molar-refractivity contribution in [2.45, 2.75) is 13.1 Å². The summed E-state index contributed by atoms with van der Waals surface area (Å²) < 4.78 is 37.3. The van der Waals surface area contributed by atoms with Crippen LogP contribution in [-0.4, -0.2) is 5.33 Å². The summed E-state index contributed by atoms with van der Waals surface area (Å²) in [5, 5.41) is 0.627. The quantitative estimate of drug-likeness (QED) is 0.703. The van der Waals surface area contributed by atoms with Gasteiger partial charge in [-0.15, -0.1) is 0 Å². The maximum absolute atomic E-state index is 12.4. The molecule has 0 unspecified atom stereocenters. The van der Waals surface area contributed by atoms with Crippen LogP contribution < -0.4 is 0 Å². The molecule has 0 radical (unpaired) electrons. The van der Waals surface area contributed by atoms with Crippen molar-refractivity contribution in [3.63, 3.8) is 0 Å². The zero-order valence-corrected chi connectivity index (χ0v) is 9.69. The highest BCUT2D eigenvalue weighted by molar-refractivity contribution is 9.09. The van der Waals surface area contributed by atoms with Crippen molar-refractivity contribution in [3.05, 3.63) is 41.0 Å². The van der Waals surface area contributed by atoms with Gasteiger partial charge >= 0.3 is 6.18 Å². The van der Waals surface area contributed by atoms with Crippen LogP contribution in [-0.2, 0) is 6.18 Å². The molecule has 0 bridgehead atoms. The average Bonchev–Trinajstić information content (AvgIpc) is 2.12. The van der Waals surface area contributed by atoms with Crippen LogP contribution in [0.2, 0.25) is 0 Å². The largest absolute Gasteiger partial charge is 0.416 e. The van der Waals surface area contributed by atoms with Crippen LogP contribution in [0.5, 0.6) is 0 Å². The first-order valence-corrected chi connectivity index (χ1v) is 5.47. The molecular weight excluding hydrogens is 269 g/mol. The van der Waals surface area contributed by atoms with Crippen LogP contribution in [0.25, 0.3) is 6.08 Å². The average molecular weight is 279 g/mol. The monoisotopic (exact) mass is 278 g/mol. The van der Waals surface area contributed by atoms with E-state index in [4.69, 9.17) is 0 Å². The van der Waals surface area contributed by atoms with E-state index in [2.05, 4.69) is 15.9 Å². The number of allylic oxidation sites excluding steroid dienone is 1. The van der Waals surface area contributed by atoms with Crippen molar-refractivity contribution in [3.8, 4) is 0 Å². The lowest BCUT2D eigenvalue weighted by Gasteiger charge is -2.08. The van der Waals surface area contributed by atoms with Gasteiger partial charge in [0.25, 0.3) is 0 Å². The standard InChI is InChI=1S/C11H10BrF3/c1-8-5-9(3-2-4-12)7-10(6-8)11(13,14)15/h2-3,5-7H,4H2,1H3. The van der Waals surface area contributed by atoms with E-state index >= 15 is 0 Å². The molecule has 0 fully saturated rings. The highest BCUT2D eigenvalue weighted by Crippen LogP contribution is 2.30. The number of rotatable bonds is 2. The van der Waals surface area contributed by atoms with Gasteiger partial charge in [0.1, 0.15) is 0 Å². The molecule has 1 aromatic rings. The van der Waals surface area contributed by atoms with E-state index in [9.17, 15) is 13.2 Å². The molecule has 0 aromatic heterocycles. The molecule has 0 saturated carbocycles. The lowest BCUT2D eigenvalue weighted by atomic mass is 10.1. The Morgan fingerprint density at radius 2 is 1.93 bits per heavy atom. The van der Waals surface area contributed by atoms with Gasteiger partial charge in [-0.05, 0) is 30.2 Å². The summed E-state index contributed by atoms with van der Waals surface area (Å²) in [6, 6.07) is 4.01. The molecule has 82 valence electrons. The summed E-state index contributed by atoms with van der Waals surface area (Å²) in [4.78, 5) is 0. The Balaban J connectivity index is 3.11. The predicted octanol–water partition coefficient (Wildman–Crippen LogP) is 4.42. The Labute approximate surface area is 94.9 Å². The van der Waals surface area contributed by atoms with Gasteiger partial charge in [-0.3, -0.25) is 0 Å². The third-order valence-electron chi connectivity index (χ3n) is 1.83. The normalized spacial score (nSPS) is 12.3. The second kappa shape index (κ2) is 4.84. The Kier molecular flexibility index (Phi) is 3.97. The van der Waals surface area contributed by atoms with Gasteiger partial charge in [-0.1, -0.05) is 34.1 Å². The van der Waals surface area contributed by atoms with E-state index in [1.807, 2.05) is 0 Å². The van der Waals surface area contributed by atoms with Gasteiger partial charge in [-0.25, -0.2) is 0 Å². The smallest absolute Gasteiger partial charge is 0.166 e. The Morgan fingerprint density at radius 1 is 1.27 bits per heavy atom. The summed E-state index contributed by atoms with van der Waals surface area (Å²) >= 11 is 3.17. The molecule has 1 rings (SSSR count). The van der Waals surface area contributed by atoms with Crippen LogP contribution in [0.15, 0.2) is 24.3 Å². The molecule has 1 aromatic carbocycles.